The van der Waals surface area contributed by atoms with Gasteiger partial charge in [0.2, 0.25) is 0 Å². The Bertz CT molecular complexity index is 4510. The lowest BCUT2D eigenvalue weighted by molar-refractivity contribution is -0.195. The number of rotatable bonds is 41. The van der Waals surface area contributed by atoms with Gasteiger partial charge >= 0.3 is 0 Å². The lowest BCUT2D eigenvalue weighted by Gasteiger charge is -2.24. The molecule has 0 spiro atoms. The van der Waals surface area contributed by atoms with E-state index in [4.69, 9.17) is 150 Å². The molecular formula is C77H84Cl2N10O15S13. The van der Waals surface area contributed by atoms with Crippen LogP contribution in [0, 0.1) is 0 Å². The van der Waals surface area contributed by atoms with Crippen LogP contribution in [0.3, 0.4) is 0 Å². The van der Waals surface area contributed by atoms with Crippen molar-refractivity contribution >= 4 is 233 Å². The first-order chi connectivity index (χ1) is 56.7. The van der Waals surface area contributed by atoms with E-state index < -0.39 is 0 Å². The van der Waals surface area contributed by atoms with Gasteiger partial charge in [0.25, 0.3) is 0 Å². The number of benzene rings is 8. The third-order valence-corrected chi connectivity index (χ3v) is 21.7. The number of furan rings is 2. The van der Waals surface area contributed by atoms with Gasteiger partial charge in [-0.15, -0.1) is 84.5 Å². The molecule has 117 heavy (non-hydrogen) atoms. The predicted molar refractivity (Wildman–Crippen MR) is 500 cm³/mol. The summed E-state index contributed by atoms with van der Waals surface area (Å²) < 4.78 is 54.1. The third kappa shape index (κ3) is 33.7. The molecule has 11 rings (SSSR count). The second kappa shape index (κ2) is 55.1. The predicted octanol–water partition coefficient (Wildman–Crippen LogP) is 23.0. The van der Waals surface area contributed by atoms with Crippen LogP contribution in [0.5, 0.6) is 34.5 Å². The number of hydrogen-bond acceptors (Lipinski definition) is 35. The molecule has 1 aliphatic heterocycles. The highest BCUT2D eigenvalue weighted by Crippen LogP contribution is 2.46. The average Bonchev–Trinajstić information content (AvgIpc) is 1.78. The topological polar surface area (TPSA) is 328 Å². The minimum absolute atomic E-state index is 0.420. The second-order valence-electron chi connectivity index (χ2n) is 23.8. The van der Waals surface area contributed by atoms with Crippen LogP contribution in [-0.2, 0) is 59.7 Å². The number of unbranched alkanes of at least 4 members (excludes halogenated alkanes) is 2. The number of thiocarbonyl (C=S) groups is 5. The summed E-state index contributed by atoms with van der Waals surface area (Å²) in [6, 6.07) is 54.6. The van der Waals surface area contributed by atoms with E-state index in [1.807, 2.05) is 172 Å². The van der Waals surface area contributed by atoms with Gasteiger partial charge in [0.15, 0.2) is 17.2 Å². The molecule has 0 bridgehead atoms. The van der Waals surface area contributed by atoms with Crippen LogP contribution in [0.2, 0.25) is 10.0 Å². The number of nitrogens with zero attached hydrogens (tertiary/aromatic N) is 1. The summed E-state index contributed by atoms with van der Waals surface area (Å²) in [4.78, 5) is 28.0. The molecule has 25 nitrogen and oxygen atoms in total. The Morgan fingerprint density at radius 2 is 0.786 bits per heavy atom. The molecule has 8 aromatic carbocycles. The Balaban J connectivity index is 0.000000202. The van der Waals surface area contributed by atoms with Gasteiger partial charge in [-0.05, 0) is 166 Å². The zero-order valence-corrected chi connectivity index (χ0v) is 75.4. The monoisotopic (exact) mass is 1870 g/mol. The lowest BCUT2D eigenvalue weighted by atomic mass is 10.1. The number of nitrogens with one attached hydrogen (secondary N) is 4. The fourth-order valence-electron chi connectivity index (χ4n) is 10.3. The van der Waals surface area contributed by atoms with Crippen LogP contribution in [0.4, 0.5) is 28.4 Å². The van der Waals surface area contributed by atoms with Gasteiger partial charge in [-0.25, -0.2) is 0 Å². The first-order valence-corrected chi connectivity index (χ1v) is 42.9. The van der Waals surface area contributed by atoms with Gasteiger partial charge in [-0.2, -0.15) is 29.5 Å². The molecule has 0 aliphatic carbocycles. The molecule has 0 unspecified atom stereocenters. The molecule has 10 aromatic rings. The second-order valence-corrected chi connectivity index (χ2v) is 33.0. The first kappa shape index (κ1) is 98.1. The number of para-hydroxylation sites is 3. The molecule has 624 valence electrons. The minimum Gasteiger partial charge on any atom is -0.467 e. The number of thiol groups is 3. The average molecular weight is 1880 g/mol. The highest BCUT2D eigenvalue weighted by molar-refractivity contribution is 8.12. The highest BCUT2D eigenvalue weighted by atomic mass is 35.5. The minimum atomic E-state index is 0.420. The molecule has 0 saturated carbocycles. The standard InChI is InChI=1S/C18H22N2O3S2.C17H18N2O3S3.C17H20N2O3S3.C13H13ClN2O3S2.C12H11ClN2O3S3/c1-3-4-10-20-16-11-14(13(2)24)12-17(25-23-22-19)18(16)21-15-8-6-5-7-9-15;18-21-22-25-15-11-12(17(23)24)10-14(19-8-4-5-9-19)16(15)20-13-6-2-1-3-7-13;1-2-3-9-19-14-10-12(17(23)24)11-15(25-22-21-18)16(14)20-13-7-5-4-6-8-13;1-8(20)10-5-13(21-19-18-15)11(14)6-12(10)16-7-9-3-2-4-17-9;13-9-5-10(15-6-7-2-1-3-16-7)8(12(19)20)4-11(9)21-18-17-14/h5-9,11-12,20H,3-4,10,19H2,1-2H3;1-3,6-7,10-11H,4-5,8-9,18H2,(H,23,24);4-8,10-11,19H,2-3,9,18H2,1H3,(H,23,24);2-6,16H,7,15H2,1H3;1-5,15H,6,14H2,(H,19,20). The smallest absolute Gasteiger partial charge is 0.166 e. The maximum absolute atomic E-state index is 6.20. The van der Waals surface area contributed by atoms with Gasteiger partial charge in [0.1, 0.15) is 28.8 Å². The summed E-state index contributed by atoms with van der Waals surface area (Å²) >= 11 is 56.0. The Morgan fingerprint density at radius 1 is 0.419 bits per heavy atom. The van der Waals surface area contributed by atoms with E-state index in [9.17, 15) is 0 Å². The summed E-state index contributed by atoms with van der Waals surface area (Å²) in [7, 11) is 0. The van der Waals surface area contributed by atoms with Gasteiger partial charge in [-0.3, -0.25) is 0 Å². The molecule has 1 aliphatic rings. The van der Waals surface area contributed by atoms with Crippen LogP contribution in [0.1, 0.15) is 106 Å². The maximum atomic E-state index is 6.20. The van der Waals surface area contributed by atoms with Crippen molar-refractivity contribution in [2.75, 3.05) is 52.3 Å². The van der Waals surface area contributed by atoms with Crippen LogP contribution >= 0.6 is 182 Å². The Hall–Kier alpha value is -6.05. The number of halogens is 2. The van der Waals surface area contributed by atoms with E-state index in [2.05, 4.69) is 112 Å². The van der Waals surface area contributed by atoms with E-state index in [0.717, 1.165) is 213 Å². The van der Waals surface area contributed by atoms with Crippen molar-refractivity contribution in [2.45, 2.75) is 104 Å². The number of hydrogen-bond donors (Lipinski definition) is 12. The molecule has 0 amide bonds. The number of ether oxygens (including phenoxy) is 3. The van der Waals surface area contributed by atoms with Gasteiger partial charge in [0, 0.05) is 69.5 Å². The largest absolute Gasteiger partial charge is 0.467 e. The maximum Gasteiger partial charge on any atom is 0.166 e. The van der Waals surface area contributed by atoms with E-state index in [0.29, 0.717) is 83.9 Å². The lowest BCUT2D eigenvalue weighted by Crippen LogP contribution is -2.19. The van der Waals surface area contributed by atoms with Crippen molar-refractivity contribution in [2.24, 2.45) is 29.5 Å². The van der Waals surface area contributed by atoms with E-state index in [-0.39, 0.29) is 0 Å². The van der Waals surface area contributed by atoms with E-state index >= 15 is 0 Å². The highest BCUT2D eigenvalue weighted by Gasteiger charge is 2.25. The van der Waals surface area contributed by atoms with Crippen molar-refractivity contribution < 1.29 is 69.7 Å². The zero-order valence-electron chi connectivity index (χ0n) is 63.0. The summed E-state index contributed by atoms with van der Waals surface area (Å²) in [5, 5.41) is 14.2. The fourth-order valence-corrected chi connectivity index (χ4v) is 14.3. The van der Waals surface area contributed by atoms with Crippen LogP contribution < -0.4 is 69.9 Å². The van der Waals surface area contributed by atoms with Crippen LogP contribution in [0.25, 0.3) is 0 Å². The zero-order chi connectivity index (χ0) is 84.3. The molecule has 2 aromatic heterocycles. The SMILES string of the molecule is CC(=S)c1cc(SOON)c(Cl)cc1NCc1ccco1.CCCCNc1cc(C(=S)S)cc(SOON)c1Oc1ccccc1.CCCCNc1cc(C(C)=S)cc(SOON)c1Oc1ccccc1.NOOSc1cc(C(=S)S)c(NCc2ccco2)cc1Cl.NOOSc1cc(C(=S)S)cc(N2CCCC2)c1Oc1ccccc1. The van der Waals surface area contributed by atoms with Crippen molar-refractivity contribution in [3.63, 3.8) is 0 Å². The molecule has 1 fully saturated rings. The molecule has 0 radical (unpaired) electrons. The van der Waals surface area contributed by atoms with Crippen molar-refractivity contribution in [3.05, 3.63) is 238 Å². The Kier molecular flexibility index (Phi) is 46.2. The molecular weight excluding hydrogens is 1790 g/mol. The number of nitrogens with two attached hydrogens (primary N) is 5. The van der Waals surface area contributed by atoms with Crippen molar-refractivity contribution in [1.82, 2.24) is 0 Å². The summed E-state index contributed by atoms with van der Waals surface area (Å²) in [6.07, 6.45) is 9.78. The molecule has 40 heteroatoms. The van der Waals surface area contributed by atoms with Crippen molar-refractivity contribution in [1.29, 1.82) is 0 Å². The first-order valence-electron chi connectivity index (χ1n) is 35.1. The number of anilines is 5. The molecule has 1 saturated heterocycles. The Morgan fingerprint density at radius 3 is 1.15 bits per heavy atom. The quantitative estimate of drug-likeness (QED) is 0.00322. The van der Waals surface area contributed by atoms with Crippen LogP contribution in [-0.4, -0.2) is 48.5 Å². The Labute approximate surface area is 753 Å². The molecule has 14 N–H and O–H groups in total. The van der Waals surface area contributed by atoms with Crippen molar-refractivity contribution in [3.8, 4) is 34.5 Å². The normalized spacial score (nSPS) is 11.3. The summed E-state index contributed by atoms with van der Waals surface area (Å²) in [5.41, 5.74) is 8.25. The van der Waals surface area contributed by atoms with E-state index in [1.165, 1.54) is 0 Å². The molecule has 0 atom stereocenters. The van der Waals surface area contributed by atoms with Gasteiger partial charge in [-0.1, -0.05) is 166 Å². The summed E-state index contributed by atoms with van der Waals surface area (Å²) in [6.45, 7) is 12.6. The van der Waals surface area contributed by atoms with E-state index in [1.54, 1.807) is 30.7 Å². The van der Waals surface area contributed by atoms with Crippen LogP contribution in [0.15, 0.2) is 222 Å². The fraction of sp³-hybridized carbons (Fsp3) is 0.208. The van der Waals surface area contributed by atoms with Gasteiger partial charge < -0.3 is 49.2 Å². The summed E-state index contributed by atoms with van der Waals surface area (Å²) in [5.74, 6) is 30.3. The van der Waals surface area contributed by atoms with Gasteiger partial charge in [0.05, 0.1) is 150 Å². The third-order valence-electron chi connectivity index (χ3n) is 15.7. The molecule has 3 heterocycles.